The molecule has 5 N–H and O–H groups in total. The van der Waals surface area contributed by atoms with Crippen molar-refractivity contribution in [1.29, 1.82) is 0 Å². The zero-order valence-electron chi connectivity index (χ0n) is 20.9. The molecule has 1 heterocycles. The lowest BCUT2D eigenvalue weighted by Gasteiger charge is -2.40. The Morgan fingerprint density at radius 2 is 1.94 bits per heavy atom. The van der Waals surface area contributed by atoms with Crippen molar-refractivity contribution in [2.75, 3.05) is 25.6 Å². The third-order valence-corrected chi connectivity index (χ3v) is 6.32. The largest absolute Gasteiger partial charge is 0.338 e. The molecule has 2 fully saturated rings. The Labute approximate surface area is 202 Å². The molecule has 186 valence electrons. The Bertz CT molecular complexity index is 956. The highest BCUT2D eigenvalue weighted by molar-refractivity contribution is 5.95. The van der Waals surface area contributed by atoms with Gasteiger partial charge in [-0.15, -0.1) is 0 Å². The molecule has 0 spiro atoms. The van der Waals surface area contributed by atoms with E-state index in [1.807, 2.05) is 59.0 Å². The molecule has 1 saturated heterocycles. The van der Waals surface area contributed by atoms with E-state index in [-0.39, 0.29) is 48.2 Å². The Morgan fingerprint density at radius 1 is 1.24 bits per heavy atom. The Balaban J connectivity index is 1.84. The molecule has 1 aliphatic heterocycles. The number of carbonyl (C=O) groups is 3. The van der Waals surface area contributed by atoms with Gasteiger partial charge in [-0.25, -0.2) is 5.84 Å². The fourth-order valence-corrected chi connectivity index (χ4v) is 3.98. The third kappa shape index (κ3) is 6.15. The summed E-state index contributed by atoms with van der Waals surface area (Å²) in [5, 5.41) is 10.5. The van der Waals surface area contributed by atoms with E-state index in [0.29, 0.717) is 18.8 Å². The van der Waals surface area contributed by atoms with Crippen LogP contribution in [0, 0.1) is 11.8 Å². The van der Waals surface area contributed by atoms with E-state index >= 15 is 0 Å². The van der Waals surface area contributed by atoms with Crippen LogP contribution in [0.25, 0.3) is 0 Å². The smallest absolute Gasteiger partial charge is 0.272 e. The van der Waals surface area contributed by atoms with Gasteiger partial charge in [0.25, 0.3) is 5.91 Å². The van der Waals surface area contributed by atoms with Gasteiger partial charge in [-0.05, 0) is 50.1 Å². The molecule has 9 heteroatoms. The molecule has 9 nitrogen and oxygen atoms in total. The number of hydrogen-bond acceptors (Lipinski definition) is 6. The predicted molar refractivity (Wildman–Crippen MR) is 132 cm³/mol. The molecular formula is C25H38N6O3. The van der Waals surface area contributed by atoms with E-state index in [2.05, 4.69) is 16.0 Å². The van der Waals surface area contributed by atoms with E-state index in [0.717, 1.165) is 29.7 Å². The first-order chi connectivity index (χ1) is 16.1. The minimum Gasteiger partial charge on any atom is -0.338 e. The highest BCUT2D eigenvalue weighted by atomic mass is 16.2. The van der Waals surface area contributed by atoms with Gasteiger partial charge in [-0.1, -0.05) is 32.9 Å². The number of nitrogens with one attached hydrogen (secondary N) is 3. The second kappa shape index (κ2) is 11.0. The number of nitrogens with zero attached hydrogens (tertiary/aromatic N) is 2. The number of anilines is 1. The van der Waals surface area contributed by atoms with Crippen LogP contribution in [-0.4, -0.2) is 53.9 Å². The molecule has 0 bridgehead atoms. The first-order valence-electron chi connectivity index (χ1n) is 12.0. The third-order valence-electron chi connectivity index (χ3n) is 6.32. The Morgan fingerprint density at radius 3 is 2.56 bits per heavy atom. The summed E-state index contributed by atoms with van der Waals surface area (Å²) in [6, 6.07) is 5.85. The van der Waals surface area contributed by atoms with Gasteiger partial charge in [0.05, 0.1) is 12.7 Å². The molecule has 0 radical (unpaired) electrons. The van der Waals surface area contributed by atoms with Crippen LogP contribution in [0.5, 0.6) is 0 Å². The van der Waals surface area contributed by atoms with Crippen molar-refractivity contribution in [3.63, 3.8) is 0 Å². The van der Waals surface area contributed by atoms with Crippen molar-refractivity contribution in [2.24, 2.45) is 17.7 Å². The summed E-state index contributed by atoms with van der Waals surface area (Å²) in [7, 11) is 1.87. The SMILES string of the molecule is CNCc1ccc(C(C)/C=C2/C(=O)N(CNC(=O)C3CC3)CC(C)N2N)c(NC(=O)C(C)C)c1. The minimum absolute atomic E-state index is 0.00160. The van der Waals surface area contributed by atoms with Gasteiger partial charge in [0.2, 0.25) is 11.8 Å². The number of piperazine rings is 1. The van der Waals surface area contributed by atoms with Crippen molar-refractivity contribution in [3.05, 3.63) is 41.1 Å². The minimum atomic E-state index is -0.219. The topological polar surface area (TPSA) is 120 Å². The van der Waals surface area contributed by atoms with Gasteiger partial charge >= 0.3 is 0 Å². The van der Waals surface area contributed by atoms with Gasteiger partial charge in [0.15, 0.2) is 0 Å². The Hall–Kier alpha value is -2.91. The molecule has 1 saturated carbocycles. The molecule has 0 aromatic heterocycles. The zero-order valence-corrected chi connectivity index (χ0v) is 20.9. The van der Waals surface area contributed by atoms with Crippen LogP contribution in [-0.2, 0) is 20.9 Å². The lowest BCUT2D eigenvalue weighted by Crippen LogP contribution is -2.58. The number of carbonyl (C=O) groups excluding carboxylic acids is 3. The van der Waals surface area contributed by atoms with Crippen LogP contribution in [0.15, 0.2) is 30.0 Å². The quantitative estimate of drug-likeness (QED) is 0.323. The molecule has 2 unspecified atom stereocenters. The molecule has 2 atom stereocenters. The van der Waals surface area contributed by atoms with Gasteiger partial charge in [0.1, 0.15) is 5.70 Å². The van der Waals surface area contributed by atoms with E-state index in [9.17, 15) is 14.4 Å². The Kier molecular flexibility index (Phi) is 8.33. The van der Waals surface area contributed by atoms with Crippen LogP contribution in [0.3, 0.4) is 0 Å². The van der Waals surface area contributed by atoms with E-state index in [4.69, 9.17) is 5.84 Å². The molecular weight excluding hydrogens is 432 g/mol. The number of benzene rings is 1. The van der Waals surface area contributed by atoms with Crippen LogP contribution < -0.4 is 21.8 Å². The highest BCUT2D eigenvalue weighted by Crippen LogP contribution is 2.31. The van der Waals surface area contributed by atoms with Crippen molar-refractivity contribution >= 4 is 23.4 Å². The maximum absolute atomic E-state index is 13.2. The van der Waals surface area contributed by atoms with E-state index in [1.54, 1.807) is 4.90 Å². The van der Waals surface area contributed by atoms with Gasteiger partial charge in [-0.2, -0.15) is 0 Å². The second-order valence-corrected chi connectivity index (χ2v) is 9.69. The summed E-state index contributed by atoms with van der Waals surface area (Å²) in [5.41, 5.74) is 3.05. The summed E-state index contributed by atoms with van der Waals surface area (Å²) in [4.78, 5) is 39.4. The first-order valence-corrected chi connectivity index (χ1v) is 12.0. The summed E-state index contributed by atoms with van der Waals surface area (Å²) in [6.07, 6.45) is 3.67. The predicted octanol–water partition coefficient (Wildman–Crippen LogP) is 1.88. The standard InChI is InChI=1S/C25H38N6O3/c1-15(2)23(32)29-21-11-18(12-27-5)6-9-20(21)16(3)10-22-25(34)30(13-17(4)31(22)26)14-28-24(33)19-7-8-19/h6,9-11,15-17,19,27H,7-8,12-14,26H2,1-5H3,(H,28,33)(H,29,32)/b22-10-. The number of nitrogens with two attached hydrogens (primary N) is 1. The van der Waals surface area contributed by atoms with Crippen LogP contribution in [0.4, 0.5) is 5.69 Å². The number of allylic oxidation sites excluding steroid dienone is 1. The fraction of sp³-hybridized carbons (Fsp3) is 0.560. The summed E-state index contributed by atoms with van der Waals surface area (Å²) in [6.45, 7) is 8.90. The zero-order chi connectivity index (χ0) is 25.0. The van der Waals surface area contributed by atoms with Crippen LogP contribution in [0.2, 0.25) is 0 Å². The first kappa shape index (κ1) is 25.7. The maximum Gasteiger partial charge on any atom is 0.272 e. The average molecular weight is 471 g/mol. The van der Waals surface area contributed by atoms with E-state index < -0.39 is 0 Å². The average Bonchev–Trinajstić information content (AvgIpc) is 3.64. The fourth-order valence-electron chi connectivity index (χ4n) is 3.98. The molecule has 3 rings (SSSR count). The van der Waals surface area contributed by atoms with Gasteiger partial charge in [-0.3, -0.25) is 14.4 Å². The van der Waals surface area contributed by atoms with E-state index in [1.165, 1.54) is 5.01 Å². The summed E-state index contributed by atoms with van der Waals surface area (Å²) in [5.74, 6) is 5.74. The van der Waals surface area contributed by atoms with Crippen molar-refractivity contribution in [1.82, 2.24) is 20.5 Å². The summed E-state index contributed by atoms with van der Waals surface area (Å²) >= 11 is 0. The monoisotopic (exact) mass is 470 g/mol. The maximum atomic E-state index is 13.2. The molecule has 3 amide bonds. The highest BCUT2D eigenvalue weighted by Gasteiger charge is 2.34. The van der Waals surface area contributed by atoms with Gasteiger partial charge < -0.3 is 25.9 Å². The molecule has 2 aliphatic rings. The normalized spacial score (nSPS) is 20.6. The number of rotatable bonds is 9. The van der Waals surface area contributed by atoms with Crippen molar-refractivity contribution in [2.45, 2.75) is 59.0 Å². The molecule has 1 aromatic rings. The molecule has 1 aromatic carbocycles. The second-order valence-electron chi connectivity index (χ2n) is 9.69. The van der Waals surface area contributed by atoms with Crippen LogP contribution >= 0.6 is 0 Å². The van der Waals surface area contributed by atoms with Gasteiger partial charge in [0, 0.05) is 36.5 Å². The van der Waals surface area contributed by atoms with Crippen molar-refractivity contribution < 1.29 is 14.4 Å². The molecule has 1 aliphatic carbocycles. The molecule has 34 heavy (non-hydrogen) atoms. The van der Waals surface area contributed by atoms with Crippen LogP contribution in [0.1, 0.15) is 57.6 Å². The van der Waals surface area contributed by atoms with Crippen molar-refractivity contribution in [3.8, 4) is 0 Å². The lowest BCUT2D eigenvalue weighted by molar-refractivity contribution is -0.134. The number of hydrazine groups is 1. The number of hydrogen-bond donors (Lipinski definition) is 4. The summed E-state index contributed by atoms with van der Waals surface area (Å²) < 4.78 is 0. The number of amides is 3. The lowest BCUT2D eigenvalue weighted by atomic mass is 9.95.